The third-order valence-electron chi connectivity index (χ3n) is 3.40. The zero-order valence-electron chi connectivity index (χ0n) is 11.5. The molecule has 1 unspecified atom stereocenters. The second-order valence-electron chi connectivity index (χ2n) is 4.72. The van der Waals surface area contributed by atoms with Crippen LogP contribution < -0.4 is 5.32 Å². The first kappa shape index (κ1) is 14.2. The van der Waals surface area contributed by atoms with Crippen LogP contribution in [0.25, 0.3) is 0 Å². The topological polar surface area (TPSA) is 50.1 Å². The van der Waals surface area contributed by atoms with Crippen LogP contribution in [0.5, 0.6) is 0 Å². The van der Waals surface area contributed by atoms with Crippen LogP contribution in [0.1, 0.15) is 45.5 Å². The Labute approximate surface area is 104 Å². The van der Waals surface area contributed by atoms with Gasteiger partial charge in [-0.1, -0.05) is 13.8 Å². The predicted molar refractivity (Wildman–Crippen MR) is 69.9 cm³/mol. The van der Waals surface area contributed by atoms with Gasteiger partial charge in [-0.15, -0.1) is 0 Å². The van der Waals surface area contributed by atoms with Gasteiger partial charge in [-0.25, -0.2) is 0 Å². The van der Waals surface area contributed by atoms with E-state index in [-0.39, 0.29) is 12.1 Å². The molecule has 0 saturated carbocycles. The Balaban J connectivity index is 2.71. The molecule has 0 fully saturated rings. The molecule has 0 spiro atoms. The maximum absolute atomic E-state index is 9.36. The number of aromatic nitrogens is 2. The Morgan fingerprint density at radius 3 is 2.59 bits per heavy atom. The fraction of sp³-hybridized carbons (Fsp3) is 0.769. The SMILES string of the molecule is CCc1cc(CNC(C)(CC)CO)n(CC)n1. The first-order chi connectivity index (χ1) is 8.08. The molecule has 0 aliphatic rings. The molecule has 0 radical (unpaired) electrons. The summed E-state index contributed by atoms with van der Waals surface area (Å²) in [7, 11) is 0. The summed E-state index contributed by atoms with van der Waals surface area (Å²) in [6.07, 6.45) is 1.87. The molecule has 4 nitrogen and oxygen atoms in total. The molecule has 0 saturated heterocycles. The molecule has 17 heavy (non-hydrogen) atoms. The smallest absolute Gasteiger partial charge is 0.0625 e. The highest BCUT2D eigenvalue weighted by Gasteiger charge is 2.20. The van der Waals surface area contributed by atoms with E-state index in [2.05, 4.69) is 37.3 Å². The molecular weight excluding hydrogens is 214 g/mol. The molecule has 1 atom stereocenters. The van der Waals surface area contributed by atoms with Gasteiger partial charge in [0.25, 0.3) is 0 Å². The Morgan fingerprint density at radius 2 is 2.12 bits per heavy atom. The molecule has 1 aromatic rings. The summed E-state index contributed by atoms with van der Waals surface area (Å²) in [5.74, 6) is 0. The van der Waals surface area contributed by atoms with E-state index in [9.17, 15) is 5.11 Å². The summed E-state index contributed by atoms with van der Waals surface area (Å²) >= 11 is 0. The van der Waals surface area contributed by atoms with Gasteiger partial charge in [0.2, 0.25) is 0 Å². The van der Waals surface area contributed by atoms with Crippen LogP contribution >= 0.6 is 0 Å². The second-order valence-corrected chi connectivity index (χ2v) is 4.72. The zero-order valence-corrected chi connectivity index (χ0v) is 11.5. The van der Waals surface area contributed by atoms with E-state index in [1.54, 1.807) is 0 Å². The molecule has 1 rings (SSSR count). The van der Waals surface area contributed by atoms with Crippen molar-refractivity contribution in [3.8, 4) is 0 Å². The van der Waals surface area contributed by atoms with Crippen molar-refractivity contribution >= 4 is 0 Å². The first-order valence-corrected chi connectivity index (χ1v) is 6.50. The maximum atomic E-state index is 9.36. The Hall–Kier alpha value is -0.870. The average Bonchev–Trinajstić information content (AvgIpc) is 2.78. The number of hydrogen-bond donors (Lipinski definition) is 2. The van der Waals surface area contributed by atoms with Gasteiger partial charge in [0.1, 0.15) is 0 Å². The van der Waals surface area contributed by atoms with Gasteiger partial charge in [0.15, 0.2) is 0 Å². The van der Waals surface area contributed by atoms with Crippen LogP contribution in [0.3, 0.4) is 0 Å². The maximum Gasteiger partial charge on any atom is 0.0625 e. The van der Waals surface area contributed by atoms with Gasteiger partial charge in [-0.3, -0.25) is 4.68 Å². The zero-order chi connectivity index (χ0) is 12.9. The molecule has 1 aromatic heterocycles. The van der Waals surface area contributed by atoms with Gasteiger partial charge in [-0.05, 0) is 32.8 Å². The fourth-order valence-corrected chi connectivity index (χ4v) is 1.70. The molecule has 0 aromatic carbocycles. The standard InChI is InChI=1S/C13H25N3O/c1-5-11-8-12(16(7-3)15-11)9-14-13(4,6-2)10-17/h8,14,17H,5-7,9-10H2,1-4H3. The van der Waals surface area contributed by atoms with Crippen molar-refractivity contribution < 1.29 is 5.11 Å². The number of aliphatic hydroxyl groups is 1. The number of aryl methyl sites for hydroxylation is 2. The molecule has 0 bridgehead atoms. The second kappa shape index (κ2) is 6.17. The van der Waals surface area contributed by atoms with Crippen molar-refractivity contribution in [3.63, 3.8) is 0 Å². The van der Waals surface area contributed by atoms with Crippen molar-refractivity contribution in [3.05, 3.63) is 17.5 Å². The van der Waals surface area contributed by atoms with Crippen LogP contribution in [0, 0.1) is 0 Å². The average molecular weight is 239 g/mol. The van der Waals surface area contributed by atoms with Crippen molar-refractivity contribution in [2.75, 3.05) is 6.61 Å². The number of nitrogens with zero attached hydrogens (tertiary/aromatic N) is 2. The summed E-state index contributed by atoms with van der Waals surface area (Å²) in [5, 5.41) is 17.3. The Kier molecular flexibility index (Phi) is 5.15. The normalized spacial score (nSPS) is 14.9. The third-order valence-corrected chi connectivity index (χ3v) is 3.40. The summed E-state index contributed by atoms with van der Waals surface area (Å²) in [6, 6.07) is 2.14. The van der Waals surface area contributed by atoms with Crippen LogP contribution in [-0.2, 0) is 19.5 Å². The number of nitrogens with one attached hydrogen (secondary N) is 1. The molecule has 1 heterocycles. The Morgan fingerprint density at radius 1 is 1.41 bits per heavy atom. The van der Waals surface area contributed by atoms with E-state index < -0.39 is 0 Å². The van der Waals surface area contributed by atoms with Crippen LogP contribution in [0.15, 0.2) is 6.07 Å². The molecule has 0 aliphatic carbocycles. The minimum Gasteiger partial charge on any atom is -0.394 e. The molecule has 98 valence electrons. The summed E-state index contributed by atoms with van der Waals surface area (Å²) in [5.41, 5.74) is 2.12. The van der Waals surface area contributed by atoms with Gasteiger partial charge in [0.05, 0.1) is 18.0 Å². The van der Waals surface area contributed by atoms with E-state index in [0.717, 1.165) is 31.6 Å². The highest BCUT2D eigenvalue weighted by molar-refractivity contribution is 5.10. The van der Waals surface area contributed by atoms with Crippen LogP contribution in [0.4, 0.5) is 0 Å². The monoisotopic (exact) mass is 239 g/mol. The van der Waals surface area contributed by atoms with E-state index in [4.69, 9.17) is 0 Å². The summed E-state index contributed by atoms with van der Waals surface area (Å²) < 4.78 is 2.03. The Bertz CT molecular complexity index is 342. The lowest BCUT2D eigenvalue weighted by Gasteiger charge is -2.27. The van der Waals surface area contributed by atoms with Gasteiger partial charge in [0, 0.05) is 18.6 Å². The molecule has 0 aliphatic heterocycles. The van der Waals surface area contributed by atoms with E-state index in [0.29, 0.717) is 0 Å². The van der Waals surface area contributed by atoms with Gasteiger partial charge >= 0.3 is 0 Å². The van der Waals surface area contributed by atoms with Crippen LogP contribution in [0.2, 0.25) is 0 Å². The van der Waals surface area contributed by atoms with Crippen LogP contribution in [-0.4, -0.2) is 27.0 Å². The van der Waals surface area contributed by atoms with E-state index in [1.807, 2.05) is 11.6 Å². The highest BCUT2D eigenvalue weighted by atomic mass is 16.3. The van der Waals surface area contributed by atoms with Crippen molar-refractivity contribution in [1.82, 2.24) is 15.1 Å². The lowest BCUT2D eigenvalue weighted by Crippen LogP contribution is -2.44. The van der Waals surface area contributed by atoms with Crippen molar-refractivity contribution in [1.29, 1.82) is 0 Å². The predicted octanol–water partition coefficient (Wildman–Crippen LogP) is 1.72. The van der Waals surface area contributed by atoms with E-state index >= 15 is 0 Å². The first-order valence-electron chi connectivity index (χ1n) is 6.50. The highest BCUT2D eigenvalue weighted by Crippen LogP contribution is 2.11. The van der Waals surface area contributed by atoms with Crippen molar-refractivity contribution in [2.45, 2.75) is 59.2 Å². The molecule has 2 N–H and O–H groups in total. The fourth-order valence-electron chi connectivity index (χ4n) is 1.70. The summed E-state index contributed by atoms with van der Waals surface area (Å²) in [4.78, 5) is 0. The lowest BCUT2D eigenvalue weighted by molar-refractivity contribution is 0.168. The third kappa shape index (κ3) is 3.54. The number of aliphatic hydroxyl groups excluding tert-OH is 1. The molecular formula is C13H25N3O. The molecule has 0 amide bonds. The minimum atomic E-state index is -0.199. The quantitative estimate of drug-likeness (QED) is 0.761. The van der Waals surface area contributed by atoms with Gasteiger partial charge < -0.3 is 10.4 Å². The molecule has 4 heteroatoms. The number of hydrogen-bond acceptors (Lipinski definition) is 3. The summed E-state index contributed by atoms with van der Waals surface area (Å²) in [6.45, 7) is 10.1. The number of rotatable bonds is 7. The van der Waals surface area contributed by atoms with Gasteiger partial charge in [-0.2, -0.15) is 5.10 Å². The minimum absolute atomic E-state index is 0.157. The van der Waals surface area contributed by atoms with E-state index in [1.165, 1.54) is 5.69 Å². The van der Waals surface area contributed by atoms with Crippen molar-refractivity contribution in [2.24, 2.45) is 0 Å². The largest absolute Gasteiger partial charge is 0.394 e. The lowest BCUT2D eigenvalue weighted by atomic mass is 10.0.